The lowest BCUT2D eigenvalue weighted by Crippen LogP contribution is -2.96. The molecule has 2 unspecified atom stereocenters. The summed E-state index contributed by atoms with van der Waals surface area (Å²) in [6, 6.07) is 0. The Morgan fingerprint density at radius 3 is 0.955 bits per heavy atom. The number of nitrogens with one attached hydrogen (secondary N) is 1. The van der Waals surface area contributed by atoms with Gasteiger partial charge >= 0.3 is 30.1 Å². The fourth-order valence-electron chi connectivity index (χ4n) is 1.66. The van der Waals surface area contributed by atoms with E-state index < -0.39 is 46.8 Å². The first kappa shape index (κ1) is 19.1. The van der Waals surface area contributed by atoms with Crippen molar-refractivity contribution in [1.29, 1.82) is 0 Å². The van der Waals surface area contributed by atoms with Crippen LogP contribution in [0, 0.1) is 0 Å². The van der Waals surface area contributed by atoms with Crippen molar-refractivity contribution < 1.29 is 52.7 Å². The molecule has 0 aromatic carbocycles. The summed E-state index contributed by atoms with van der Waals surface area (Å²) in [7, 11) is 0. The molecular weight excluding hydrogens is 354 g/mol. The zero-order valence-electron chi connectivity index (χ0n) is 9.69. The number of piperidine rings is 1. The molecule has 0 spiro atoms. The smallest absolute Gasteiger partial charge is 0.300 e. The monoisotopic (exact) mass is 359 g/mol. The Kier molecular flexibility index (Phi) is 3.57. The fraction of sp³-hybridized carbons (Fsp3) is 1.00. The Morgan fingerprint density at radius 1 is 0.545 bits per heavy atom. The van der Waals surface area contributed by atoms with E-state index in [9.17, 15) is 52.7 Å². The van der Waals surface area contributed by atoms with Crippen LogP contribution in [-0.2, 0) is 0 Å². The third-order valence-corrected chi connectivity index (χ3v) is 3.07. The first-order valence-electron chi connectivity index (χ1n) is 4.85. The van der Waals surface area contributed by atoms with Gasteiger partial charge in [-0.15, -0.1) is 0 Å². The number of hydrogen-bond acceptors (Lipinski definition) is 3. The lowest BCUT2D eigenvalue weighted by molar-refractivity contribution is -0.439. The van der Waals surface area contributed by atoms with Gasteiger partial charge in [0, 0.05) is 0 Å². The van der Waals surface area contributed by atoms with Crippen LogP contribution in [0.5, 0.6) is 0 Å². The molecule has 1 rings (SSSR count). The van der Waals surface area contributed by atoms with E-state index in [1.807, 2.05) is 0 Å². The van der Waals surface area contributed by atoms with Crippen LogP contribution >= 0.6 is 0 Å². The van der Waals surface area contributed by atoms with E-state index in [-0.39, 0.29) is 0 Å². The highest BCUT2D eigenvalue weighted by atomic mass is 19.4. The molecule has 1 heterocycles. The quantitative estimate of drug-likeness (QED) is 0.580. The third-order valence-electron chi connectivity index (χ3n) is 3.07. The molecule has 3 nitrogen and oxygen atoms in total. The minimum Gasteiger partial charge on any atom is -0.300 e. The van der Waals surface area contributed by atoms with Gasteiger partial charge in [-0.05, 0) is 0 Å². The molecule has 22 heavy (non-hydrogen) atoms. The van der Waals surface area contributed by atoms with Crippen LogP contribution < -0.4 is 16.8 Å². The first-order valence-corrected chi connectivity index (χ1v) is 4.85. The summed E-state index contributed by atoms with van der Waals surface area (Å²) < 4.78 is 154. The summed E-state index contributed by atoms with van der Waals surface area (Å²) in [6.07, 6.45) is -13.4. The summed E-state index contributed by atoms with van der Waals surface area (Å²) >= 11 is 0. The number of rotatable bonds is 0. The molecule has 15 heteroatoms. The summed E-state index contributed by atoms with van der Waals surface area (Å²) in [5, 5.41) is -0.452. The molecule has 1 fully saturated rings. The second-order valence-corrected chi connectivity index (χ2v) is 4.46. The Balaban J connectivity index is 3.79. The predicted molar refractivity (Wildman–Crippen MR) is 43.9 cm³/mol. The summed E-state index contributed by atoms with van der Waals surface area (Å²) in [4.78, 5) is 0. The van der Waals surface area contributed by atoms with Gasteiger partial charge in [0.15, 0.2) is 0 Å². The average molecular weight is 359 g/mol. The zero-order chi connectivity index (χ0) is 18.2. The van der Waals surface area contributed by atoms with E-state index in [0.29, 0.717) is 0 Å². The Labute approximate surface area is 112 Å². The van der Waals surface area contributed by atoms with Gasteiger partial charge in [0.05, 0.1) is 0 Å². The molecule has 0 aromatic heterocycles. The average Bonchev–Trinajstić information content (AvgIpc) is 2.23. The minimum absolute atomic E-state index is 0.452. The summed E-state index contributed by atoms with van der Waals surface area (Å²) in [5.41, 5.74) is -3.92. The van der Waals surface area contributed by atoms with E-state index in [1.54, 1.807) is 0 Å². The standard InChI is InChI=1S/C7H5F12N3/c8-1(9)2(10,11)4(20,6(14,15)16)22-5(21,3(1,12)13)7(17,18)19/h22H,20-21H2. The van der Waals surface area contributed by atoms with Crippen molar-refractivity contribution in [3.8, 4) is 0 Å². The van der Waals surface area contributed by atoms with Gasteiger partial charge in [-0.1, -0.05) is 0 Å². The molecule has 5 N–H and O–H groups in total. The first-order chi connectivity index (χ1) is 9.21. The maximum absolute atomic E-state index is 13.2. The molecule has 1 saturated heterocycles. The van der Waals surface area contributed by atoms with Gasteiger partial charge in [0.25, 0.3) is 0 Å². The summed E-state index contributed by atoms with van der Waals surface area (Å²) in [6.45, 7) is 0. The largest absolute Gasteiger partial charge is 0.426 e. The van der Waals surface area contributed by atoms with Crippen molar-refractivity contribution in [1.82, 2.24) is 5.32 Å². The van der Waals surface area contributed by atoms with Crippen LogP contribution in [0.1, 0.15) is 0 Å². The van der Waals surface area contributed by atoms with E-state index in [1.165, 1.54) is 0 Å². The van der Waals surface area contributed by atoms with Crippen LogP contribution in [0.2, 0.25) is 0 Å². The van der Waals surface area contributed by atoms with Crippen molar-refractivity contribution >= 4 is 0 Å². The minimum atomic E-state index is -7.17. The predicted octanol–water partition coefficient (Wildman–Crippen LogP) is 1.93. The highest BCUT2D eigenvalue weighted by Crippen LogP contribution is 2.61. The number of alkyl halides is 12. The van der Waals surface area contributed by atoms with E-state index in [2.05, 4.69) is 11.5 Å². The highest BCUT2D eigenvalue weighted by molar-refractivity contribution is 5.25. The van der Waals surface area contributed by atoms with Crippen LogP contribution in [0.3, 0.4) is 0 Å². The molecule has 0 aliphatic carbocycles. The zero-order valence-corrected chi connectivity index (χ0v) is 9.69. The highest BCUT2D eigenvalue weighted by Gasteiger charge is 2.95. The normalized spacial score (nSPS) is 37.9. The van der Waals surface area contributed by atoms with Crippen LogP contribution in [0.15, 0.2) is 0 Å². The molecule has 0 saturated carbocycles. The molecule has 0 radical (unpaired) electrons. The fourth-order valence-corrected chi connectivity index (χ4v) is 1.66. The van der Waals surface area contributed by atoms with E-state index in [4.69, 9.17) is 0 Å². The van der Waals surface area contributed by atoms with Gasteiger partial charge in [-0.2, -0.15) is 52.7 Å². The second-order valence-electron chi connectivity index (χ2n) is 4.46. The SMILES string of the molecule is NC1(C(F)(F)F)NC(N)(C(F)(F)F)C(F)(F)C(F)(F)C1(F)F. The molecule has 0 amide bonds. The molecule has 0 aromatic rings. The van der Waals surface area contributed by atoms with Gasteiger partial charge in [0.1, 0.15) is 0 Å². The van der Waals surface area contributed by atoms with E-state index in [0.717, 1.165) is 0 Å². The molecule has 0 bridgehead atoms. The van der Waals surface area contributed by atoms with Crippen molar-refractivity contribution in [2.75, 3.05) is 0 Å². The van der Waals surface area contributed by atoms with Gasteiger partial charge in [-0.3, -0.25) is 5.32 Å². The Hall–Kier alpha value is -0.960. The van der Waals surface area contributed by atoms with Crippen molar-refractivity contribution in [2.45, 2.75) is 41.4 Å². The van der Waals surface area contributed by atoms with Crippen molar-refractivity contribution in [2.24, 2.45) is 11.5 Å². The lowest BCUT2D eigenvalue weighted by atomic mass is 9.79. The molecule has 132 valence electrons. The molecule has 2 atom stereocenters. The maximum Gasteiger partial charge on any atom is 0.426 e. The van der Waals surface area contributed by atoms with Crippen LogP contribution in [0.4, 0.5) is 52.7 Å². The Bertz CT molecular complexity index is 426. The van der Waals surface area contributed by atoms with Crippen molar-refractivity contribution in [3.63, 3.8) is 0 Å². The van der Waals surface area contributed by atoms with Crippen LogP contribution in [0.25, 0.3) is 0 Å². The number of halogens is 12. The third kappa shape index (κ3) is 1.78. The topological polar surface area (TPSA) is 64.1 Å². The number of hydrogen-bond donors (Lipinski definition) is 3. The van der Waals surface area contributed by atoms with E-state index >= 15 is 0 Å². The second kappa shape index (κ2) is 4.11. The van der Waals surface area contributed by atoms with Crippen LogP contribution in [-0.4, -0.2) is 41.4 Å². The molecular formula is C7H5F12N3. The number of nitrogens with two attached hydrogens (primary N) is 2. The van der Waals surface area contributed by atoms with Crippen molar-refractivity contribution in [3.05, 3.63) is 0 Å². The lowest BCUT2D eigenvalue weighted by Gasteiger charge is -2.55. The Morgan fingerprint density at radius 2 is 0.773 bits per heavy atom. The maximum atomic E-state index is 13.2. The van der Waals surface area contributed by atoms with Gasteiger partial charge in [0.2, 0.25) is 11.3 Å². The van der Waals surface area contributed by atoms with Gasteiger partial charge in [-0.25, -0.2) is 0 Å². The molecule has 1 aliphatic heterocycles. The molecule has 1 aliphatic rings. The summed E-state index contributed by atoms with van der Waals surface area (Å²) in [5.74, 6) is -20.9. The van der Waals surface area contributed by atoms with Gasteiger partial charge < -0.3 is 11.5 Å².